The lowest BCUT2D eigenvalue weighted by Crippen LogP contribution is -2.31. The van der Waals surface area contributed by atoms with Gasteiger partial charge < -0.3 is 14.4 Å². The van der Waals surface area contributed by atoms with Crippen LogP contribution in [0.25, 0.3) is 0 Å². The number of nitrogens with zero attached hydrogens (tertiary/aromatic N) is 1. The van der Waals surface area contributed by atoms with Gasteiger partial charge in [0.1, 0.15) is 0 Å². The highest BCUT2D eigenvalue weighted by Crippen LogP contribution is 2.23. The first kappa shape index (κ1) is 12.0. The van der Waals surface area contributed by atoms with Crippen molar-refractivity contribution < 1.29 is 9.47 Å². The fraction of sp³-hybridized carbons (Fsp3) is 0.600. The van der Waals surface area contributed by atoms with E-state index in [1.807, 2.05) is 0 Å². The standard InChI is InChI=1S/C15H21NO2/c1-2-3-12-4-6-13(7-5-12)16(8-14-10-17-14)9-15-11-18-15/h4-7,14-15H,2-3,8-11H2,1H3. The third kappa shape index (κ3) is 3.24. The number of benzene rings is 1. The van der Waals surface area contributed by atoms with E-state index in [2.05, 4.69) is 36.1 Å². The molecule has 2 aliphatic rings. The van der Waals surface area contributed by atoms with Crippen LogP contribution in [0.4, 0.5) is 5.69 Å². The van der Waals surface area contributed by atoms with E-state index in [1.54, 1.807) is 0 Å². The van der Waals surface area contributed by atoms with Crippen LogP contribution in [0.3, 0.4) is 0 Å². The zero-order valence-electron chi connectivity index (χ0n) is 11.0. The molecule has 2 saturated heterocycles. The molecule has 0 saturated carbocycles. The molecule has 0 radical (unpaired) electrons. The van der Waals surface area contributed by atoms with Crippen LogP contribution in [0.2, 0.25) is 0 Å². The Kier molecular flexibility index (Phi) is 3.52. The van der Waals surface area contributed by atoms with E-state index in [-0.39, 0.29) is 0 Å². The van der Waals surface area contributed by atoms with Crippen LogP contribution in [-0.4, -0.2) is 38.5 Å². The highest BCUT2D eigenvalue weighted by atomic mass is 16.6. The molecule has 2 unspecified atom stereocenters. The van der Waals surface area contributed by atoms with Crippen LogP contribution in [0.5, 0.6) is 0 Å². The van der Waals surface area contributed by atoms with Crippen LogP contribution in [-0.2, 0) is 15.9 Å². The topological polar surface area (TPSA) is 28.3 Å². The van der Waals surface area contributed by atoms with Gasteiger partial charge in [-0.2, -0.15) is 0 Å². The van der Waals surface area contributed by atoms with Crippen molar-refractivity contribution in [2.75, 3.05) is 31.2 Å². The Balaban J connectivity index is 1.66. The summed E-state index contributed by atoms with van der Waals surface area (Å²) < 4.78 is 10.7. The molecule has 2 aliphatic heterocycles. The minimum Gasteiger partial charge on any atom is -0.371 e. The molecule has 2 fully saturated rings. The highest BCUT2D eigenvalue weighted by Gasteiger charge is 2.30. The molecule has 2 atom stereocenters. The molecule has 0 bridgehead atoms. The number of aryl methyl sites for hydroxylation is 1. The monoisotopic (exact) mass is 247 g/mol. The average Bonchev–Trinajstić information content (AvgIpc) is 3.25. The first-order valence-corrected chi connectivity index (χ1v) is 6.92. The normalized spacial score (nSPS) is 24.9. The number of hydrogen-bond donors (Lipinski definition) is 0. The summed E-state index contributed by atoms with van der Waals surface area (Å²) in [6.07, 6.45) is 3.23. The number of ether oxygens (including phenoxy) is 2. The maximum Gasteiger partial charge on any atom is 0.0984 e. The number of anilines is 1. The van der Waals surface area contributed by atoms with Crippen molar-refractivity contribution in [2.45, 2.75) is 32.0 Å². The molecule has 0 aromatic heterocycles. The summed E-state index contributed by atoms with van der Waals surface area (Å²) in [5.41, 5.74) is 2.72. The second-order valence-corrected chi connectivity index (χ2v) is 5.23. The molecule has 0 N–H and O–H groups in total. The summed E-state index contributed by atoms with van der Waals surface area (Å²) in [5, 5.41) is 0. The Labute approximate surface area is 109 Å². The van der Waals surface area contributed by atoms with Gasteiger partial charge in [0.05, 0.1) is 25.4 Å². The molecule has 0 amide bonds. The van der Waals surface area contributed by atoms with Crippen LogP contribution in [0.1, 0.15) is 18.9 Å². The second-order valence-electron chi connectivity index (χ2n) is 5.23. The Morgan fingerprint density at radius 3 is 2.06 bits per heavy atom. The van der Waals surface area contributed by atoms with E-state index in [4.69, 9.17) is 9.47 Å². The summed E-state index contributed by atoms with van der Waals surface area (Å²) in [5.74, 6) is 0. The Bertz CT molecular complexity index is 368. The molecule has 1 aromatic carbocycles. The van der Waals surface area contributed by atoms with E-state index < -0.39 is 0 Å². The number of epoxide rings is 2. The van der Waals surface area contributed by atoms with Crippen molar-refractivity contribution in [1.82, 2.24) is 0 Å². The van der Waals surface area contributed by atoms with Crippen LogP contribution >= 0.6 is 0 Å². The molecule has 2 heterocycles. The van der Waals surface area contributed by atoms with Gasteiger partial charge in [-0.3, -0.25) is 0 Å². The van der Waals surface area contributed by atoms with Crippen LogP contribution in [0.15, 0.2) is 24.3 Å². The van der Waals surface area contributed by atoms with Gasteiger partial charge in [-0.1, -0.05) is 25.5 Å². The van der Waals surface area contributed by atoms with E-state index >= 15 is 0 Å². The van der Waals surface area contributed by atoms with Crippen molar-refractivity contribution in [3.63, 3.8) is 0 Å². The quantitative estimate of drug-likeness (QED) is 0.692. The third-order valence-electron chi connectivity index (χ3n) is 3.49. The predicted octanol–water partition coefficient (Wildman–Crippen LogP) is 2.24. The van der Waals surface area contributed by atoms with Gasteiger partial charge in [-0.15, -0.1) is 0 Å². The van der Waals surface area contributed by atoms with E-state index in [0.29, 0.717) is 12.2 Å². The maximum absolute atomic E-state index is 5.34. The molecule has 0 aliphatic carbocycles. The first-order chi connectivity index (χ1) is 8.85. The molecule has 0 spiro atoms. The molecule has 3 rings (SSSR count). The molecule has 3 nitrogen and oxygen atoms in total. The Morgan fingerprint density at radius 2 is 1.61 bits per heavy atom. The lowest BCUT2D eigenvalue weighted by Gasteiger charge is -2.23. The first-order valence-electron chi connectivity index (χ1n) is 6.92. The summed E-state index contributed by atoms with van der Waals surface area (Å²) in [4.78, 5) is 2.39. The predicted molar refractivity (Wildman–Crippen MR) is 72.1 cm³/mol. The fourth-order valence-corrected chi connectivity index (χ4v) is 2.29. The van der Waals surface area contributed by atoms with Gasteiger partial charge in [0.15, 0.2) is 0 Å². The lowest BCUT2D eigenvalue weighted by molar-refractivity contribution is 0.389. The van der Waals surface area contributed by atoms with Gasteiger partial charge in [-0.05, 0) is 24.1 Å². The van der Waals surface area contributed by atoms with Gasteiger partial charge in [0.25, 0.3) is 0 Å². The van der Waals surface area contributed by atoms with Gasteiger partial charge >= 0.3 is 0 Å². The smallest absolute Gasteiger partial charge is 0.0984 e. The van der Waals surface area contributed by atoms with Gasteiger partial charge in [0.2, 0.25) is 0 Å². The van der Waals surface area contributed by atoms with E-state index in [9.17, 15) is 0 Å². The second kappa shape index (κ2) is 5.29. The number of hydrogen-bond acceptors (Lipinski definition) is 3. The lowest BCUT2D eigenvalue weighted by atomic mass is 10.1. The zero-order chi connectivity index (χ0) is 12.4. The van der Waals surface area contributed by atoms with E-state index in [0.717, 1.165) is 32.7 Å². The van der Waals surface area contributed by atoms with Gasteiger partial charge in [-0.25, -0.2) is 0 Å². The Morgan fingerprint density at radius 1 is 1.06 bits per heavy atom. The molecular weight excluding hydrogens is 226 g/mol. The van der Waals surface area contributed by atoms with Crippen molar-refractivity contribution in [3.05, 3.63) is 29.8 Å². The summed E-state index contributed by atoms with van der Waals surface area (Å²) >= 11 is 0. The van der Waals surface area contributed by atoms with Crippen LogP contribution < -0.4 is 4.90 Å². The fourth-order valence-electron chi connectivity index (χ4n) is 2.29. The summed E-state index contributed by atoms with van der Waals surface area (Å²) in [6, 6.07) is 8.95. The van der Waals surface area contributed by atoms with Crippen LogP contribution in [0, 0.1) is 0 Å². The summed E-state index contributed by atoms with van der Waals surface area (Å²) in [6.45, 7) is 6.03. The van der Waals surface area contributed by atoms with Crippen molar-refractivity contribution in [1.29, 1.82) is 0 Å². The molecule has 98 valence electrons. The van der Waals surface area contributed by atoms with Crippen molar-refractivity contribution in [2.24, 2.45) is 0 Å². The molecule has 3 heteroatoms. The minimum atomic E-state index is 0.430. The minimum absolute atomic E-state index is 0.430. The van der Waals surface area contributed by atoms with E-state index in [1.165, 1.54) is 17.7 Å². The Hall–Kier alpha value is -1.06. The van der Waals surface area contributed by atoms with Gasteiger partial charge in [0, 0.05) is 18.8 Å². The molecule has 18 heavy (non-hydrogen) atoms. The molecule has 1 aromatic rings. The zero-order valence-corrected chi connectivity index (χ0v) is 11.0. The third-order valence-corrected chi connectivity index (χ3v) is 3.49. The van der Waals surface area contributed by atoms with Crippen molar-refractivity contribution >= 4 is 5.69 Å². The van der Waals surface area contributed by atoms with Crippen molar-refractivity contribution in [3.8, 4) is 0 Å². The molecular formula is C15H21NO2. The maximum atomic E-state index is 5.34. The number of rotatable bonds is 7. The SMILES string of the molecule is CCCc1ccc(N(CC2CO2)CC2CO2)cc1. The average molecular weight is 247 g/mol. The largest absolute Gasteiger partial charge is 0.371 e. The summed E-state index contributed by atoms with van der Waals surface area (Å²) in [7, 11) is 0. The highest BCUT2D eigenvalue weighted by molar-refractivity contribution is 5.48.